The van der Waals surface area contributed by atoms with Crippen LogP contribution < -0.4 is 15.8 Å². The quantitative estimate of drug-likeness (QED) is 0.365. The van der Waals surface area contributed by atoms with E-state index in [1.807, 2.05) is 13.8 Å². The number of halogens is 1. The molecule has 0 spiro atoms. The summed E-state index contributed by atoms with van der Waals surface area (Å²) < 4.78 is 18.3. The number of methoxy groups -OCH3 is 1. The largest absolute Gasteiger partial charge is 0.496 e. The van der Waals surface area contributed by atoms with E-state index in [4.69, 9.17) is 10.5 Å². The third-order valence-corrected chi connectivity index (χ3v) is 5.40. The van der Waals surface area contributed by atoms with Gasteiger partial charge >= 0.3 is 5.97 Å². The molecule has 0 aliphatic carbocycles. The van der Waals surface area contributed by atoms with E-state index in [9.17, 15) is 23.9 Å². The fourth-order valence-corrected chi connectivity index (χ4v) is 3.83. The SMILES string of the molecule is C=C(F)C(=O)Nc1ccc(-c2c(CC)[nH]c(C(N)=O)c2-c2ccc(C(=O)O)c(OC)c2)c(C)c1. The number of carbonyl (C=O) groups is 3. The van der Waals surface area contributed by atoms with Crippen molar-refractivity contribution in [1.82, 2.24) is 4.98 Å². The van der Waals surface area contributed by atoms with E-state index in [1.165, 1.54) is 13.2 Å². The van der Waals surface area contributed by atoms with Crippen molar-refractivity contribution in [2.24, 2.45) is 5.73 Å². The summed E-state index contributed by atoms with van der Waals surface area (Å²) in [6, 6.07) is 9.55. The fraction of sp³-hybridized carbons (Fsp3) is 0.160. The van der Waals surface area contributed by atoms with E-state index in [0.29, 0.717) is 28.8 Å². The summed E-state index contributed by atoms with van der Waals surface area (Å²) in [7, 11) is 1.36. The average Bonchev–Trinajstić information content (AvgIpc) is 3.18. The molecular weight excluding hydrogens is 441 g/mol. The lowest BCUT2D eigenvalue weighted by molar-refractivity contribution is -0.114. The van der Waals surface area contributed by atoms with Gasteiger partial charge in [-0.2, -0.15) is 0 Å². The molecule has 3 aromatic rings. The standard InChI is InChI=1S/C25H24FN3O5/c1-5-18-21(16-9-7-15(10-12(16)2)28-24(31)13(3)26)20(22(29-18)23(27)30)14-6-8-17(25(32)33)19(11-14)34-4/h6-11,29H,3,5H2,1-2,4H3,(H2,27,30)(H,28,31)(H,32,33). The number of primary amides is 1. The molecule has 3 rings (SSSR count). The minimum atomic E-state index is -1.15. The Bertz CT molecular complexity index is 1330. The topological polar surface area (TPSA) is 135 Å². The van der Waals surface area contributed by atoms with Crippen molar-refractivity contribution in [2.45, 2.75) is 20.3 Å². The smallest absolute Gasteiger partial charge is 0.339 e. The third-order valence-electron chi connectivity index (χ3n) is 5.40. The highest BCUT2D eigenvalue weighted by Crippen LogP contribution is 2.41. The highest BCUT2D eigenvalue weighted by Gasteiger charge is 2.25. The van der Waals surface area contributed by atoms with Crippen molar-refractivity contribution >= 4 is 23.5 Å². The number of nitrogens with one attached hydrogen (secondary N) is 2. The molecule has 0 unspecified atom stereocenters. The number of ether oxygens (including phenoxy) is 1. The first-order valence-electron chi connectivity index (χ1n) is 10.3. The average molecular weight is 465 g/mol. The summed E-state index contributed by atoms with van der Waals surface area (Å²) in [5, 5.41) is 11.8. The molecule has 2 aromatic carbocycles. The molecule has 34 heavy (non-hydrogen) atoms. The number of aromatic nitrogens is 1. The first kappa shape index (κ1) is 24.2. The van der Waals surface area contributed by atoms with Crippen LogP contribution in [0.1, 0.15) is 39.0 Å². The normalized spacial score (nSPS) is 10.6. The maximum atomic E-state index is 13.1. The molecule has 1 aromatic heterocycles. The van der Waals surface area contributed by atoms with Gasteiger partial charge in [0.1, 0.15) is 17.0 Å². The molecule has 176 valence electrons. The Morgan fingerprint density at radius 2 is 1.88 bits per heavy atom. The minimum Gasteiger partial charge on any atom is -0.496 e. The van der Waals surface area contributed by atoms with Gasteiger partial charge in [0.2, 0.25) is 0 Å². The van der Waals surface area contributed by atoms with E-state index >= 15 is 0 Å². The van der Waals surface area contributed by atoms with Crippen molar-refractivity contribution in [2.75, 3.05) is 12.4 Å². The predicted molar refractivity (Wildman–Crippen MR) is 127 cm³/mol. The Hall–Kier alpha value is -4.40. The number of aromatic carboxylic acids is 1. The van der Waals surface area contributed by atoms with Crippen LogP contribution in [0.5, 0.6) is 5.75 Å². The van der Waals surface area contributed by atoms with Gasteiger partial charge in [-0.1, -0.05) is 25.6 Å². The second-order valence-corrected chi connectivity index (χ2v) is 7.56. The molecule has 0 radical (unpaired) electrons. The van der Waals surface area contributed by atoms with Gasteiger partial charge in [0.05, 0.1) is 7.11 Å². The van der Waals surface area contributed by atoms with Gasteiger partial charge in [0, 0.05) is 22.5 Å². The number of carboxylic acids is 1. The summed E-state index contributed by atoms with van der Waals surface area (Å²) in [6.45, 7) is 6.70. The fourth-order valence-electron chi connectivity index (χ4n) is 3.83. The molecule has 1 heterocycles. The maximum Gasteiger partial charge on any atom is 0.339 e. The van der Waals surface area contributed by atoms with Gasteiger partial charge in [0.25, 0.3) is 11.8 Å². The molecule has 0 bridgehead atoms. The summed E-state index contributed by atoms with van der Waals surface area (Å²) >= 11 is 0. The van der Waals surface area contributed by atoms with Crippen LogP contribution in [-0.4, -0.2) is 35.0 Å². The van der Waals surface area contributed by atoms with E-state index in [-0.39, 0.29) is 17.0 Å². The zero-order valence-electron chi connectivity index (χ0n) is 18.9. The van der Waals surface area contributed by atoms with Gasteiger partial charge in [-0.05, 0) is 54.3 Å². The lowest BCUT2D eigenvalue weighted by atomic mass is 9.90. The van der Waals surface area contributed by atoms with Gasteiger partial charge in [-0.3, -0.25) is 9.59 Å². The van der Waals surface area contributed by atoms with Crippen molar-refractivity contribution < 1.29 is 28.6 Å². The number of hydrogen-bond donors (Lipinski definition) is 4. The highest BCUT2D eigenvalue weighted by molar-refractivity contribution is 6.05. The lowest BCUT2D eigenvalue weighted by Gasteiger charge is -2.14. The number of H-pyrrole nitrogens is 1. The number of benzene rings is 2. The molecule has 0 fully saturated rings. The Balaban J connectivity index is 2.25. The van der Waals surface area contributed by atoms with Crippen LogP contribution in [0.3, 0.4) is 0 Å². The number of rotatable bonds is 8. The Morgan fingerprint density at radius 3 is 2.41 bits per heavy atom. The number of nitrogens with two attached hydrogens (primary N) is 1. The van der Waals surface area contributed by atoms with E-state index in [0.717, 1.165) is 16.8 Å². The highest BCUT2D eigenvalue weighted by atomic mass is 19.1. The van der Waals surface area contributed by atoms with Crippen LogP contribution in [0.15, 0.2) is 48.8 Å². The number of hydrogen-bond acceptors (Lipinski definition) is 4. The van der Waals surface area contributed by atoms with E-state index in [2.05, 4.69) is 16.9 Å². The molecule has 0 atom stereocenters. The second kappa shape index (κ2) is 9.62. The monoisotopic (exact) mass is 465 g/mol. The van der Waals surface area contributed by atoms with Crippen LogP contribution in [0.4, 0.5) is 10.1 Å². The summed E-state index contributed by atoms with van der Waals surface area (Å²) in [5.41, 5.74) is 10.2. The van der Waals surface area contributed by atoms with Crippen LogP contribution in [0, 0.1) is 6.92 Å². The van der Waals surface area contributed by atoms with Crippen molar-refractivity contribution in [3.05, 3.63) is 71.3 Å². The summed E-state index contributed by atoms with van der Waals surface area (Å²) in [4.78, 5) is 38.6. The van der Waals surface area contributed by atoms with Gasteiger partial charge in [-0.25, -0.2) is 9.18 Å². The molecule has 0 aliphatic rings. The van der Waals surface area contributed by atoms with Crippen LogP contribution >= 0.6 is 0 Å². The van der Waals surface area contributed by atoms with Crippen LogP contribution in [0.25, 0.3) is 22.3 Å². The molecule has 0 saturated carbocycles. The van der Waals surface area contributed by atoms with Crippen molar-refractivity contribution in [3.8, 4) is 28.0 Å². The van der Waals surface area contributed by atoms with Crippen molar-refractivity contribution in [1.29, 1.82) is 0 Å². The number of anilines is 1. The number of aryl methyl sites for hydroxylation is 2. The Morgan fingerprint density at radius 1 is 1.18 bits per heavy atom. The zero-order chi connectivity index (χ0) is 25.2. The third kappa shape index (κ3) is 4.54. The molecule has 0 saturated heterocycles. The first-order chi connectivity index (χ1) is 16.1. The van der Waals surface area contributed by atoms with E-state index < -0.39 is 23.6 Å². The first-order valence-corrected chi connectivity index (χ1v) is 10.3. The summed E-state index contributed by atoms with van der Waals surface area (Å²) in [6.07, 6.45) is 0.541. The van der Waals surface area contributed by atoms with Crippen molar-refractivity contribution in [3.63, 3.8) is 0 Å². The number of amides is 2. The number of carbonyl (C=O) groups excluding carboxylic acids is 2. The number of carboxylic acid groups (broad SMARTS) is 1. The number of aromatic amines is 1. The van der Waals surface area contributed by atoms with Gasteiger partial charge < -0.3 is 25.9 Å². The molecule has 8 nitrogen and oxygen atoms in total. The van der Waals surface area contributed by atoms with Crippen LogP contribution in [0.2, 0.25) is 0 Å². The molecular formula is C25H24FN3O5. The van der Waals surface area contributed by atoms with Crippen LogP contribution in [-0.2, 0) is 11.2 Å². The molecule has 9 heteroatoms. The molecule has 0 aliphatic heterocycles. The predicted octanol–water partition coefficient (Wildman–Crippen LogP) is 4.45. The minimum absolute atomic E-state index is 0.0228. The Kier molecular flexibility index (Phi) is 6.86. The second-order valence-electron chi connectivity index (χ2n) is 7.56. The maximum absolute atomic E-state index is 13.1. The van der Waals surface area contributed by atoms with Gasteiger partial charge in [-0.15, -0.1) is 0 Å². The zero-order valence-corrected chi connectivity index (χ0v) is 18.9. The molecule has 5 N–H and O–H groups in total. The lowest BCUT2D eigenvalue weighted by Crippen LogP contribution is -2.13. The van der Waals surface area contributed by atoms with E-state index in [1.54, 1.807) is 30.3 Å². The molecule has 2 amide bonds. The Labute approximate surface area is 195 Å². The summed E-state index contributed by atoms with van der Waals surface area (Å²) in [5.74, 6) is -3.74. The van der Waals surface area contributed by atoms with Gasteiger partial charge in [0.15, 0.2) is 5.83 Å².